The van der Waals surface area contributed by atoms with Gasteiger partial charge in [-0.05, 0) is 26.2 Å². The van der Waals surface area contributed by atoms with Crippen molar-refractivity contribution in [1.82, 2.24) is 29.3 Å². The number of anilines is 1. The van der Waals surface area contributed by atoms with Crippen LogP contribution >= 0.6 is 0 Å². The van der Waals surface area contributed by atoms with E-state index >= 15 is 0 Å². The van der Waals surface area contributed by atoms with Crippen molar-refractivity contribution in [3.8, 4) is 11.6 Å². The first-order valence-corrected chi connectivity index (χ1v) is 11.1. The molecule has 1 aliphatic carbocycles. The van der Waals surface area contributed by atoms with Crippen molar-refractivity contribution in [2.45, 2.75) is 57.8 Å². The van der Waals surface area contributed by atoms with Crippen LogP contribution in [-0.4, -0.2) is 48.6 Å². The average molecular weight is 422 g/mol. The summed E-state index contributed by atoms with van der Waals surface area (Å²) < 4.78 is 9.40. The van der Waals surface area contributed by atoms with Crippen LogP contribution in [0.5, 0.6) is 0 Å². The molecule has 0 spiro atoms. The van der Waals surface area contributed by atoms with Crippen LogP contribution in [0.15, 0.2) is 23.1 Å². The van der Waals surface area contributed by atoms with Gasteiger partial charge in [-0.15, -0.1) is 0 Å². The van der Waals surface area contributed by atoms with Crippen LogP contribution < -0.4 is 16.4 Å². The molecule has 0 saturated heterocycles. The Balaban J connectivity index is 1.12. The first kappa shape index (κ1) is 18.6. The SMILES string of the molecule is Cc1c(-c2ncco2)nc(=N)n2c1NC(CCN1CCc3c(cnn3C3CCC3)C1)N2. The van der Waals surface area contributed by atoms with Crippen LogP contribution in [0.2, 0.25) is 0 Å². The van der Waals surface area contributed by atoms with E-state index in [0.29, 0.717) is 17.6 Å². The monoisotopic (exact) mass is 421 g/mol. The normalized spacial score (nSPS) is 20.6. The Morgan fingerprint density at radius 3 is 3.00 bits per heavy atom. The second-order valence-corrected chi connectivity index (χ2v) is 8.72. The van der Waals surface area contributed by atoms with Gasteiger partial charge in [0.15, 0.2) is 0 Å². The van der Waals surface area contributed by atoms with Gasteiger partial charge in [0.2, 0.25) is 11.5 Å². The highest BCUT2D eigenvalue weighted by Gasteiger charge is 2.29. The second kappa shape index (κ2) is 7.23. The Bertz CT molecular complexity index is 1160. The zero-order valence-corrected chi connectivity index (χ0v) is 17.6. The number of oxazole rings is 1. The van der Waals surface area contributed by atoms with Gasteiger partial charge >= 0.3 is 0 Å². The molecule has 10 heteroatoms. The molecule has 31 heavy (non-hydrogen) atoms. The van der Waals surface area contributed by atoms with E-state index < -0.39 is 0 Å². The highest BCUT2D eigenvalue weighted by molar-refractivity contribution is 5.63. The summed E-state index contributed by atoms with van der Waals surface area (Å²) in [5.74, 6) is 1.28. The summed E-state index contributed by atoms with van der Waals surface area (Å²) in [6.45, 7) is 4.98. The maximum Gasteiger partial charge on any atom is 0.245 e. The predicted octanol–water partition coefficient (Wildman–Crippen LogP) is 1.99. The Kier molecular flexibility index (Phi) is 4.34. The number of nitrogens with one attached hydrogen (secondary N) is 3. The van der Waals surface area contributed by atoms with Crippen LogP contribution in [0.1, 0.15) is 48.5 Å². The summed E-state index contributed by atoms with van der Waals surface area (Å²) >= 11 is 0. The maximum absolute atomic E-state index is 8.31. The Hall–Kier alpha value is -3.14. The first-order chi connectivity index (χ1) is 15.2. The zero-order valence-electron chi connectivity index (χ0n) is 17.6. The fourth-order valence-corrected chi connectivity index (χ4v) is 4.83. The Labute approximate surface area is 179 Å². The van der Waals surface area contributed by atoms with Crippen molar-refractivity contribution >= 4 is 5.82 Å². The van der Waals surface area contributed by atoms with E-state index in [9.17, 15) is 0 Å². The van der Waals surface area contributed by atoms with Crippen LogP contribution in [0.25, 0.3) is 11.6 Å². The smallest absolute Gasteiger partial charge is 0.245 e. The number of fused-ring (bicyclic) bond motifs is 2. The largest absolute Gasteiger partial charge is 0.443 e. The van der Waals surface area contributed by atoms with Crippen molar-refractivity contribution in [2.75, 3.05) is 23.8 Å². The molecule has 1 fully saturated rings. The summed E-state index contributed by atoms with van der Waals surface area (Å²) in [4.78, 5) is 11.1. The van der Waals surface area contributed by atoms with E-state index in [1.54, 1.807) is 10.9 Å². The van der Waals surface area contributed by atoms with E-state index in [1.807, 2.05) is 6.92 Å². The van der Waals surface area contributed by atoms with E-state index in [2.05, 4.69) is 41.6 Å². The summed E-state index contributed by atoms with van der Waals surface area (Å²) in [6, 6.07) is 0.634. The number of hydrogen-bond donors (Lipinski definition) is 3. The molecular weight excluding hydrogens is 394 g/mol. The summed E-state index contributed by atoms with van der Waals surface area (Å²) in [5.41, 5.74) is 7.85. The molecule has 3 aromatic rings. The third-order valence-corrected chi connectivity index (χ3v) is 6.79. The third-order valence-electron chi connectivity index (χ3n) is 6.79. The van der Waals surface area contributed by atoms with Gasteiger partial charge in [0.05, 0.1) is 18.4 Å². The molecule has 0 radical (unpaired) electrons. The maximum atomic E-state index is 8.31. The van der Waals surface area contributed by atoms with Crippen molar-refractivity contribution in [3.63, 3.8) is 0 Å². The molecule has 162 valence electrons. The fourth-order valence-electron chi connectivity index (χ4n) is 4.83. The minimum absolute atomic E-state index is 0.0449. The van der Waals surface area contributed by atoms with Gasteiger partial charge in [-0.25, -0.2) is 14.6 Å². The van der Waals surface area contributed by atoms with Gasteiger partial charge in [0.25, 0.3) is 0 Å². The van der Waals surface area contributed by atoms with Crippen molar-refractivity contribution < 1.29 is 4.42 Å². The van der Waals surface area contributed by atoms with Crippen molar-refractivity contribution in [2.24, 2.45) is 0 Å². The van der Waals surface area contributed by atoms with Gasteiger partial charge in [-0.2, -0.15) is 5.10 Å². The number of hydrogen-bond acceptors (Lipinski definition) is 8. The lowest BCUT2D eigenvalue weighted by atomic mass is 9.92. The third kappa shape index (κ3) is 3.13. The number of rotatable bonds is 5. The molecule has 0 amide bonds. The minimum atomic E-state index is 0.0449. The molecule has 3 N–H and O–H groups in total. The van der Waals surface area contributed by atoms with E-state index in [0.717, 1.165) is 43.9 Å². The van der Waals surface area contributed by atoms with E-state index in [1.165, 1.54) is 36.8 Å². The molecule has 1 atom stereocenters. The van der Waals surface area contributed by atoms with Gasteiger partial charge in [-0.3, -0.25) is 20.4 Å². The van der Waals surface area contributed by atoms with Crippen molar-refractivity contribution in [1.29, 1.82) is 5.41 Å². The zero-order chi connectivity index (χ0) is 20.9. The van der Waals surface area contributed by atoms with Crippen LogP contribution in [-0.2, 0) is 13.0 Å². The molecule has 5 heterocycles. The molecule has 10 nitrogen and oxygen atoms in total. The molecule has 6 rings (SSSR count). The molecule has 0 aromatic carbocycles. The molecule has 1 unspecified atom stereocenters. The van der Waals surface area contributed by atoms with Gasteiger partial charge in [0, 0.05) is 49.3 Å². The quantitative estimate of drug-likeness (QED) is 0.577. The predicted molar refractivity (Wildman–Crippen MR) is 114 cm³/mol. The lowest BCUT2D eigenvalue weighted by Gasteiger charge is -2.32. The van der Waals surface area contributed by atoms with Crippen LogP contribution in [0.3, 0.4) is 0 Å². The molecular formula is C21H27N9O. The van der Waals surface area contributed by atoms with Crippen LogP contribution in [0, 0.1) is 12.3 Å². The summed E-state index contributed by atoms with van der Waals surface area (Å²) in [6.07, 6.45) is 11.1. The number of nitrogens with zero attached hydrogens (tertiary/aromatic N) is 6. The topological polar surface area (TPSA) is 113 Å². The van der Waals surface area contributed by atoms with E-state index in [-0.39, 0.29) is 11.8 Å². The van der Waals surface area contributed by atoms with Crippen molar-refractivity contribution in [3.05, 3.63) is 41.1 Å². The summed E-state index contributed by atoms with van der Waals surface area (Å²) in [5, 5.41) is 16.5. The van der Waals surface area contributed by atoms with E-state index in [4.69, 9.17) is 9.83 Å². The van der Waals surface area contributed by atoms with Gasteiger partial charge < -0.3 is 9.73 Å². The minimum Gasteiger partial charge on any atom is -0.443 e. The number of aromatic nitrogens is 5. The summed E-state index contributed by atoms with van der Waals surface area (Å²) in [7, 11) is 0. The highest BCUT2D eigenvalue weighted by atomic mass is 16.3. The Morgan fingerprint density at radius 1 is 1.32 bits per heavy atom. The first-order valence-electron chi connectivity index (χ1n) is 11.1. The average Bonchev–Trinajstić information content (AvgIpc) is 3.48. The molecule has 2 aliphatic heterocycles. The van der Waals surface area contributed by atoms with Gasteiger partial charge in [0.1, 0.15) is 23.9 Å². The standard InChI is InChI=1S/C21H27N9O/c1-13-18(20-23-7-10-31-20)26-21(22)30-19(13)25-17(27-30)6-9-28-8-5-16-14(12-28)11-24-29(16)15-3-2-4-15/h7,10-11,15,17,22,25,27H,2-6,8-9,12H2,1H3. The Morgan fingerprint density at radius 2 is 2.23 bits per heavy atom. The van der Waals surface area contributed by atoms with Crippen LogP contribution in [0.4, 0.5) is 5.82 Å². The molecule has 3 aromatic heterocycles. The van der Waals surface area contributed by atoms with Gasteiger partial charge in [-0.1, -0.05) is 0 Å². The lowest BCUT2D eigenvalue weighted by Crippen LogP contribution is -2.37. The highest BCUT2D eigenvalue weighted by Crippen LogP contribution is 2.34. The molecule has 1 saturated carbocycles. The second-order valence-electron chi connectivity index (χ2n) is 8.72. The molecule has 3 aliphatic rings. The fraction of sp³-hybridized carbons (Fsp3) is 0.524. The molecule has 0 bridgehead atoms. The lowest BCUT2D eigenvalue weighted by molar-refractivity contribution is 0.233.